The number of carbonyl (C=O) groups excluding carboxylic acids is 1. The van der Waals surface area contributed by atoms with Crippen LogP contribution in [-0.2, 0) is 11.3 Å². The van der Waals surface area contributed by atoms with E-state index in [4.69, 9.17) is 5.11 Å². The molecular formula is C15H21N3O3. The van der Waals surface area contributed by atoms with Crippen LogP contribution in [0.15, 0.2) is 18.3 Å². The maximum Gasteiger partial charge on any atom is 0.335 e. The summed E-state index contributed by atoms with van der Waals surface area (Å²) in [5.41, 5.74) is 0.253. The number of hydrogen-bond acceptors (Lipinski definition) is 4. The van der Waals surface area contributed by atoms with Gasteiger partial charge in [-0.25, -0.2) is 4.79 Å². The van der Waals surface area contributed by atoms with Crippen LogP contribution < -0.4 is 10.6 Å². The molecule has 6 heteroatoms. The van der Waals surface area contributed by atoms with Crippen molar-refractivity contribution in [1.82, 2.24) is 15.6 Å². The molecule has 21 heavy (non-hydrogen) atoms. The Morgan fingerprint density at radius 3 is 2.95 bits per heavy atom. The Morgan fingerprint density at radius 2 is 2.33 bits per heavy atom. The minimum absolute atomic E-state index is 0.0237. The van der Waals surface area contributed by atoms with Gasteiger partial charge in [-0.05, 0) is 37.9 Å². The standard InChI is InChI=1S/C15H21N3O3/c1-2-5-15(6-3-7-18-15)14(21)17-10-12-9-11(13(19)20)4-8-16-12/h4,8-9,18H,2-3,5-7,10H2,1H3,(H,17,21)(H,19,20). The van der Waals surface area contributed by atoms with E-state index in [2.05, 4.69) is 22.5 Å². The lowest BCUT2D eigenvalue weighted by atomic mass is 9.91. The summed E-state index contributed by atoms with van der Waals surface area (Å²) < 4.78 is 0. The van der Waals surface area contributed by atoms with Crippen LogP contribution in [0.25, 0.3) is 0 Å². The minimum Gasteiger partial charge on any atom is -0.478 e. The van der Waals surface area contributed by atoms with Crippen LogP contribution in [-0.4, -0.2) is 34.1 Å². The number of pyridine rings is 1. The van der Waals surface area contributed by atoms with Crippen molar-refractivity contribution >= 4 is 11.9 Å². The summed E-state index contributed by atoms with van der Waals surface area (Å²) >= 11 is 0. The highest BCUT2D eigenvalue weighted by Crippen LogP contribution is 2.25. The Labute approximate surface area is 124 Å². The van der Waals surface area contributed by atoms with Crippen LogP contribution in [0.5, 0.6) is 0 Å². The van der Waals surface area contributed by atoms with Crippen LogP contribution in [0.2, 0.25) is 0 Å². The van der Waals surface area contributed by atoms with E-state index in [0.29, 0.717) is 5.69 Å². The van der Waals surface area contributed by atoms with Crippen LogP contribution in [0, 0.1) is 0 Å². The number of carboxylic acid groups (broad SMARTS) is 1. The zero-order valence-corrected chi connectivity index (χ0v) is 12.2. The number of rotatable bonds is 6. The minimum atomic E-state index is -0.995. The summed E-state index contributed by atoms with van der Waals surface area (Å²) in [5.74, 6) is -1.02. The third kappa shape index (κ3) is 3.58. The van der Waals surface area contributed by atoms with Crippen LogP contribution in [0.3, 0.4) is 0 Å². The summed E-state index contributed by atoms with van der Waals surface area (Å²) in [7, 11) is 0. The van der Waals surface area contributed by atoms with E-state index < -0.39 is 11.5 Å². The smallest absolute Gasteiger partial charge is 0.335 e. The Morgan fingerprint density at radius 1 is 1.52 bits per heavy atom. The summed E-state index contributed by atoms with van der Waals surface area (Å²) in [5, 5.41) is 15.1. The second kappa shape index (κ2) is 6.67. The third-order valence-corrected chi connectivity index (χ3v) is 3.85. The number of nitrogens with zero attached hydrogens (tertiary/aromatic N) is 1. The van der Waals surface area contributed by atoms with Crippen molar-refractivity contribution in [3.63, 3.8) is 0 Å². The quantitative estimate of drug-likeness (QED) is 0.735. The molecule has 0 aromatic carbocycles. The number of aromatic nitrogens is 1. The lowest BCUT2D eigenvalue weighted by molar-refractivity contribution is -0.127. The Hall–Kier alpha value is -1.95. The van der Waals surface area contributed by atoms with E-state index in [1.165, 1.54) is 18.3 Å². The molecule has 1 atom stereocenters. The molecule has 3 N–H and O–H groups in total. The first-order chi connectivity index (χ1) is 10.1. The van der Waals surface area contributed by atoms with Crippen molar-refractivity contribution in [2.45, 2.75) is 44.7 Å². The fourth-order valence-corrected chi connectivity index (χ4v) is 2.80. The normalized spacial score (nSPS) is 21.2. The molecule has 1 aromatic rings. The fraction of sp³-hybridized carbons (Fsp3) is 0.533. The van der Waals surface area contributed by atoms with Crippen LogP contribution in [0.1, 0.15) is 48.7 Å². The van der Waals surface area contributed by atoms with Crippen molar-refractivity contribution in [1.29, 1.82) is 0 Å². The molecule has 0 bridgehead atoms. The number of amides is 1. The molecule has 2 rings (SSSR count). The third-order valence-electron chi connectivity index (χ3n) is 3.85. The highest BCUT2D eigenvalue weighted by atomic mass is 16.4. The highest BCUT2D eigenvalue weighted by molar-refractivity contribution is 5.88. The Kier molecular flexibility index (Phi) is 4.90. The van der Waals surface area contributed by atoms with Gasteiger partial charge in [-0.2, -0.15) is 0 Å². The molecule has 114 valence electrons. The van der Waals surface area contributed by atoms with Crippen molar-refractivity contribution in [3.8, 4) is 0 Å². The topological polar surface area (TPSA) is 91.3 Å². The number of aromatic carboxylic acids is 1. The molecule has 1 unspecified atom stereocenters. The maximum atomic E-state index is 12.4. The molecule has 1 aliphatic heterocycles. The van der Waals surface area contributed by atoms with Gasteiger partial charge >= 0.3 is 5.97 Å². The second-order valence-corrected chi connectivity index (χ2v) is 5.39. The number of carbonyl (C=O) groups is 2. The van der Waals surface area contributed by atoms with Gasteiger partial charge < -0.3 is 15.7 Å². The Bertz CT molecular complexity index is 525. The molecule has 0 saturated carbocycles. The van der Waals surface area contributed by atoms with Crippen molar-refractivity contribution < 1.29 is 14.7 Å². The van der Waals surface area contributed by atoms with E-state index in [-0.39, 0.29) is 18.0 Å². The summed E-state index contributed by atoms with van der Waals surface area (Å²) in [6.07, 6.45) is 5.03. The predicted octanol–water partition coefficient (Wildman–Crippen LogP) is 1.32. The highest BCUT2D eigenvalue weighted by Gasteiger charge is 2.39. The molecule has 0 radical (unpaired) electrons. The second-order valence-electron chi connectivity index (χ2n) is 5.39. The van der Waals surface area contributed by atoms with Crippen molar-refractivity contribution in [2.24, 2.45) is 0 Å². The van der Waals surface area contributed by atoms with E-state index in [1.807, 2.05) is 0 Å². The van der Waals surface area contributed by atoms with Crippen LogP contribution in [0.4, 0.5) is 0 Å². The first-order valence-electron chi connectivity index (χ1n) is 7.29. The summed E-state index contributed by atoms with van der Waals surface area (Å²) in [6.45, 7) is 3.17. The van der Waals surface area contributed by atoms with E-state index in [0.717, 1.165) is 32.2 Å². The average Bonchev–Trinajstić information content (AvgIpc) is 2.95. The largest absolute Gasteiger partial charge is 0.478 e. The van der Waals surface area contributed by atoms with E-state index in [9.17, 15) is 9.59 Å². The van der Waals surface area contributed by atoms with E-state index in [1.54, 1.807) is 0 Å². The van der Waals surface area contributed by atoms with Gasteiger partial charge in [-0.1, -0.05) is 13.3 Å². The van der Waals surface area contributed by atoms with Gasteiger partial charge in [0.2, 0.25) is 5.91 Å². The molecule has 0 aliphatic carbocycles. The maximum absolute atomic E-state index is 12.4. The van der Waals surface area contributed by atoms with Crippen LogP contribution >= 0.6 is 0 Å². The summed E-state index contributed by atoms with van der Waals surface area (Å²) in [4.78, 5) is 27.4. The van der Waals surface area contributed by atoms with Gasteiger partial charge in [0.15, 0.2) is 0 Å². The van der Waals surface area contributed by atoms with Gasteiger partial charge in [0.25, 0.3) is 0 Å². The average molecular weight is 291 g/mol. The van der Waals surface area contributed by atoms with Gasteiger partial charge in [-0.15, -0.1) is 0 Å². The molecule has 1 amide bonds. The molecular weight excluding hydrogens is 270 g/mol. The molecule has 1 aliphatic rings. The molecule has 1 saturated heterocycles. The fourth-order valence-electron chi connectivity index (χ4n) is 2.80. The monoisotopic (exact) mass is 291 g/mol. The lowest BCUT2D eigenvalue weighted by Crippen LogP contribution is -2.53. The van der Waals surface area contributed by atoms with Gasteiger partial charge in [-0.3, -0.25) is 9.78 Å². The van der Waals surface area contributed by atoms with Gasteiger partial charge in [0.1, 0.15) is 0 Å². The van der Waals surface area contributed by atoms with Crippen molar-refractivity contribution in [3.05, 3.63) is 29.6 Å². The number of hydrogen-bond donors (Lipinski definition) is 3. The molecule has 0 spiro atoms. The van der Waals surface area contributed by atoms with Crippen molar-refractivity contribution in [2.75, 3.05) is 6.54 Å². The SMILES string of the molecule is CCCC1(C(=O)NCc2cc(C(=O)O)ccn2)CCCN1. The number of carboxylic acids is 1. The lowest BCUT2D eigenvalue weighted by Gasteiger charge is -2.27. The van der Waals surface area contributed by atoms with Gasteiger partial charge in [0.05, 0.1) is 23.3 Å². The first-order valence-corrected chi connectivity index (χ1v) is 7.29. The molecule has 1 fully saturated rings. The zero-order chi connectivity index (χ0) is 15.3. The van der Waals surface area contributed by atoms with E-state index >= 15 is 0 Å². The Balaban J connectivity index is 2.00. The molecule has 2 heterocycles. The zero-order valence-electron chi connectivity index (χ0n) is 12.2. The molecule has 6 nitrogen and oxygen atoms in total. The number of nitrogens with one attached hydrogen (secondary N) is 2. The predicted molar refractivity (Wildman–Crippen MR) is 77.9 cm³/mol. The molecule has 1 aromatic heterocycles. The summed E-state index contributed by atoms with van der Waals surface area (Å²) in [6, 6.07) is 2.92. The first kappa shape index (κ1) is 15.4. The van der Waals surface area contributed by atoms with Gasteiger partial charge in [0, 0.05) is 6.20 Å².